The highest BCUT2D eigenvalue weighted by molar-refractivity contribution is 5.35. The van der Waals surface area contributed by atoms with Crippen molar-refractivity contribution in [2.24, 2.45) is 5.92 Å². The van der Waals surface area contributed by atoms with Crippen LogP contribution in [0.5, 0.6) is 0 Å². The Bertz CT molecular complexity index is 471. The summed E-state index contributed by atoms with van der Waals surface area (Å²) < 4.78 is 1.85. The second-order valence-electron chi connectivity index (χ2n) is 4.51. The third-order valence-corrected chi connectivity index (χ3v) is 3.22. The minimum Gasteiger partial charge on any atom is -0.316 e. The summed E-state index contributed by atoms with van der Waals surface area (Å²) in [7, 11) is 0. The van der Waals surface area contributed by atoms with Crippen LogP contribution in [-0.4, -0.2) is 27.7 Å². The van der Waals surface area contributed by atoms with E-state index >= 15 is 0 Å². The van der Waals surface area contributed by atoms with Gasteiger partial charge in [-0.3, -0.25) is 0 Å². The zero-order chi connectivity index (χ0) is 10.8. The largest absolute Gasteiger partial charge is 0.316 e. The molecule has 84 valence electrons. The summed E-state index contributed by atoms with van der Waals surface area (Å²) in [6.07, 6.45) is 9.58. The number of nitrogens with one attached hydrogen (secondary N) is 1. The van der Waals surface area contributed by atoms with E-state index in [2.05, 4.69) is 21.6 Å². The summed E-state index contributed by atoms with van der Waals surface area (Å²) >= 11 is 0. The maximum absolute atomic E-state index is 4.39. The Morgan fingerprint density at radius 2 is 2.50 bits per heavy atom. The van der Waals surface area contributed by atoms with Crippen molar-refractivity contribution in [3.8, 4) is 0 Å². The fraction of sp³-hybridized carbons (Fsp3) is 0.500. The van der Waals surface area contributed by atoms with Gasteiger partial charge in [0.2, 0.25) is 0 Å². The quantitative estimate of drug-likeness (QED) is 0.822. The molecule has 1 atom stereocenters. The van der Waals surface area contributed by atoms with Gasteiger partial charge in [-0.2, -0.15) is 5.10 Å². The van der Waals surface area contributed by atoms with Gasteiger partial charge < -0.3 is 5.32 Å². The van der Waals surface area contributed by atoms with Crippen molar-refractivity contribution < 1.29 is 0 Å². The summed E-state index contributed by atoms with van der Waals surface area (Å²) in [6.45, 7) is 2.31. The third kappa shape index (κ3) is 1.93. The monoisotopic (exact) mass is 216 g/mol. The van der Waals surface area contributed by atoms with Crippen molar-refractivity contribution >= 4 is 5.65 Å². The topological polar surface area (TPSA) is 42.2 Å². The number of hydrogen-bond donors (Lipinski definition) is 1. The van der Waals surface area contributed by atoms with Crippen LogP contribution in [0.25, 0.3) is 5.65 Å². The summed E-state index contributed by atoms with van der Waals surface area (Å²) in [5.41, 5.74) is 2.20. The summed E-state index contributed by atoms with van der Waals surface area (Å²) in [6, 6.07) is 1.92. The first-order valence-electron chi connectivity index (χ1n) is 5.91. The molecule has 0 spiro atoms. The lowest BCUT2D eigenvalue weighted by atomic mass is 9.93. The molecule has 2 aromatic heterocycles. The first-order valence-corrected chi connectivity index (χ1v) is 5.91. The normalized spacial score (nSPS) is 21.4. The molecule has 3 heterocycles. The molecule has 1 aliphatic rings. The summed E-state index contributed by atoms with van der Waals surface area (Å²) in [4.78, 5) is 4.39. The maximum atomic E-state index is 4.39. The molecule has 0 bridgehead atoms. The Labute approximate surface area is 94.7 Å². The van der Waals surface area contributed by atoms with Gasteiger partial charge in [0.25, 0.3) is 0 Å². The lowest BCUT2D eigenvalue weighted by molar-refractivity contribution is 0.375. The van der Waals surface area contributed by atoms with Crippen LogP contribution in [0.15, 0.2) is 24.7 Å². The van der Waals surface area contributed by atoms with E-state index in [1.54, 1.807) is 6.20 Å². The van der Waals surface area contributed by atoms with Crippen LogP contribution in [0, 0.1) is 5.92 Å². The van der Waals surface area contributed by atoms with Crippen LogP contribution < -0.4 is 5.32 Å². The van der Waals surface area contributed by atoms with E-state index in [9.17, 15) is 0 Å². The minimum atomic E-state index is 0.753. The molecule has 1 aliphatic heterocycles. The van der Waals surface area contributed by atoms with Gasteiger partial charge in [0, 0.05) is 18.5 Å². The van der Waals surface area contributed by atoms with Crippen molar-refractivity contribution in [3.63, 3.8) is 0 Å². The molecule has 1 saturated heterocycles. The smallest absolute Gasteiger partial charge is 0.154 e. The van der Waals surface area contributed by atoms with E-state index in [1.165, 1.54) is 24.9 Å². The standard InChI is InChI=1S/C12H16N4/c1-2-10(7-13-4-1)6-11-8-14-12-3-5-15-16(12)9-11/h3,5,8-10,13H,1-2,4,6-7H2. The van der Waals surface area contributed by atoms with Crippen molar-refractivity contribution in [2.75, 3.05) is 13.1 Å². The predicted molar refractivity (Wildman–Crippen MR) is 62.3 cm³/mol. The Morgan fingerprint density at radius 3 is 3.38 bits per heavy atom. The molecule has 1 N–H and O–H groups in total. The van der Waals surface area contributed by atoms with Crippen LogP contribution in [0.4, 0.5) is 0 Å². The lowest BCUT2D eigenvalue weighted by Gasteiger charge is -2.22. The molecular formula is C12H16N4. The summed E-state index contributed by atoms with van der Waals surface area (Å²) in [5, 5.41) is 7.66. The number of rotatable bonds is 2. The fourth-order valence-electron chi connectivity index (χ4n) is 2.39. The highest BCUT2D eigenvalue weighted by Gasteiger charge is 2.13. The summed E-state index contributed by atoms with van der Waals surface area (Å²) in [5.74, 6) is 0.753. The van der Waals surface area contributed by atoms with Gasteiger partial charge in [0.1, 0.15) is 0 Å². The van der Waals surface area contributed by atoms with Crippen LogP contribution in [0.2, 0.25) is 0 Å². The van der Waals surface area contributed by atoms with Gasteiger partial charge in [-0.05, 0) is 43.8 Å². The Kier molecular flexibility index (Phi) is 2.58. The van der Waals surface area contributed by atoms with E-state index in [4.69, 9.17) is 0 Å². The van der Waals surface area contributed by atoms with Gasteiger partial charge in [-0.25, -0.2) is 9.50 Å². The average molecular weight is 216 g/mol. The van der Waals surface area contributed by atoms with Crippen molar-refractivity contribution in [1.29, 1.82) is 0 Å². The molecule has 0 amide bonds. The highest BCUT2D eigenvalue weighted by Crippen LogP contribution is 2.15. The second kappa shape index (κ2) is 4.22. The van der Waals surface area contributed by atoms with Crippen molar-refractivity contribution in [1.82, 2.24) is 19.9 Å². The fourth-order valence-corrected chi connectivity index (χ4v) is 2.39. The number of piperidine rings is 1. The van der Waals surface area contributed by atoms with E-state index in [-0.39, 0.29) is 0 Å². The van der Waals surface area contributed by atoms with Crippen molar-refractivity contribution in [2.45, 2.75) is 19.3 Å². The van der Waals surface area contributed by atoms with E-state index in [1.807, 2.05) is 16.8 Å². The zero-order valence-electron chi connectivity index (χ0n) is 9.26. The Hall–Kier alpha value is -1.42. The number of nitrogens with zero attached hydrogens (tertiary/aromatic N) is 3. The molecule has 1 unspecified atom stereocenters. The van der Waals surface area contributed by atoms with E-state index in [0.717, 1.165) is 24.5 Å². The SMILES string of the molecule is c1cc2ncc(CC3CCCNC3)cn2n1. The number of aromatic nitrogens is 3. The maximum Gasteiger partial charge on any atom is 0.154 e. The molecule has 0 radical (unpaired) electrons. The Morgan fingerprint density at radius 1 is 1.50 bits per heavy atom. The van der Waals surface area contributed by atoms with Gasteiger partial charge in [0.05, 0.1) is 6.20 Å². The van der Waals surface area contributed by atoms with Gasteiger partial charge >= 0.3 is 0 Å². The average Bonchev–Trinajstić information content (AvgIpc) is 2.77. The molecule has 3 rings (SSSR count). The van der Waals surface area contributed by atoms with Gasteiger partial charge in [-0.15, -0.1) is 0 Å². The molecule has 2 aromatic rings. The van der Waals surface area contributed by atoms with Gasteiger partial charge in [0.15, 0.2) is 5.65 Å². The van der Waals surface area contributed by atoms with E-state index in [0.29, 0.717) is 0 Å². The minimum absolute atomic E-state index is 0.753. The number of fused-ring (bicyclic) bond motifs is 1. The highest BCUT2D eigenvalue weighted by atomic mass is 15.2. The van der Waals surface area contributed by atoms with Crippen LogP contribution >= 0.6 is 0 Å². The number of hydrogen-bond acceptors (Lipinski definition) is 3. The Balaban J connectivity index is 1.77. The molecule has 4 nitrogen and oxygen atoms in total. The first kappa shape index (κ1) is 9.78. The molecule has 0 aromatic carbocycles. The molecule has 1 fully saturated rings. The van der Waals surface area contributed by atoms with Gasteiger partial charge in [-0.1, -0.05) is 0 Å². The van der Waals surface area contributed by atoms with Crippen LogP contribution in [0.3, 0.4) is 0 Å². The molecular weight excluding hydrogens is 200 g/mol. The zero-order valence-corrected chi connectivity index (χ0v) is 9.26. The molecule has 0 saturated carbocycles. The van der Waals surface area contributed by atoms with E-state index < -0.39 is 0 Å². The van der Waals surface area contributed by atoms with Crippen LogP contribution in [-0.2, 0) is 6.42 Å². The molecule has 16 heavy (non-hydrogen) atoms. The van der Waals surface area contributed by atoms with Crippen molar-refractivity contribution in [3.05, 3.63) is 30.2 Å². The molecule has 4 heteroatoms. The lowest BCUT2D eigenvalue weighted by Crippen LogP contribution is -2.30. The van der Waals surface area contributed by atoms with Crippen LogP contribution in [0.1, 0.15) is 18.4 Å². The predicted octanol–water partition coefficient (Wildman–Crippen LogP) is 1.27. The second-order valence-corrected chi connectivity index (χ2v) is 4.51. The molecule has 0 aliphatic carbocycles. The third-order valence-electron chi connectivity index (χ3n) is 3.22. The first-order chi connectivity index (χ1) is 7.92.